The highest BCUT2D eigenvalue weighted by Gasteiger charge is 2.21. The van der Waals surface area contributed by atoms with Crippen molar-refractivity contribution >= 4 is 41.1 Å². The van der Waals surface area contributed by atoms with Crippen LogP contribution < -0.4 is 10.6 Å². The lowest BCUT2D eigenvalue weighted by molar-refractivity contribution is -0.138. The molecule has 3 saturated heterocycles. The lowest BCUT2D eigenvalue weighted by Crippen LogP contribution is -2.49. The van der Waals surface area contributed by atoms with Gasteiger partial charge in [-0.1, -0.05) is 121 Å². The van der Waals surface area contributed by atoms with Crippen LogP contribution in [0.4, 0.5) is 0 Å². The SMILES string of the molecule is Cl.O=C(CO)N1CCNCC1.O=C(COCc1ccccc1)N1CCN(Cc2ccccc2)CC1.O=C(Cl)COCc1ccccc1.c1ccc(CN2CCNCC2)cc1. The van der Waals surface area contributed by atoms with Crippen molar-refractivity contribution in [3.63, 3.8) is 0 Å². The Kier molecular flexibility index (Phi) is 25.7. The number of hydrogen-bond acceptors (Lipinski definition) is 10. The molecule has 0 saturated carbocycles. The minimum atomic E-state index is -0.467. The van der Waals surface area contributed by atoms with Crippen LogP contribution in [-0.4, -0.2) is 140 Å². The first-order chi connectivity index (χ1) is 28.9. The Hall–Kier alpha value is -4.21. The monoisotopic (exact) mass is 864 g/mol. The first-order valence-corrected chi connectivity index (χ1v) is 20.8. The number of hydrogen-bond donors (Lipinski definition) is 3. The van der Waals surface area contributed by atoms with E-state index in [4.69, 9.17) is 26.2 Å². The summed E-state index contributed by atoms with van der Waals surface area (Å²) >= 11 is 5.08. The number of piperazine rings is 3. The van der Waals surface area contributed by atoms with Crippen molar-refractivity contribution in [3.8, 4) is 0 Å². The minimum absolute atomic E-state index is 0. The average Bonchev–Trinajstić information content (AvgIpc) is 3.29. The Bertz CT molecular complexity index is 1710. The third-order valence-corrected chi connectivity index (χ3v) is 9.81. The zero-order chi connectivity index (χ0) is 41.8. The van der Waals surface area contributed by atoms with Gasteiger partial charge in [0.1, 0.15) is 19.8 Å². The van der Waals surface area contributed by atoms with E-state index in [2.05, 4.69) is 75.0 Å². The van der Waals surface area contributed by atoms with E-state index in [1.165, 1.54) is 24.2 Å². The summed E-state index contributed by atoms with van der Waals surface area (Å²) in [5.74, 6) is -0.0770. The summed E-state index contributed by atoms with van der Waals surface area (Å²) in [6.07, 6.45) is 0. The van der Waals surface area contributed by atoms with Crippen LogP contribution in [0.5, 0.6) is 0 Å². The average molecular weight is 866 g/mol. The molecule has 0 spiro atoms. The largest absolute Gasteiger partial charge is 0.387 e. The maximum absolute atomic E-state index is 12.2. The van der Waals surface area contributed by atoms with Gasteiger partial charge in [0.05, 0.1) is 13.2 Å². The first-order valence-electron chi connectivity index (χ1n) is 20.4. The van der Waals surface area contributed by atoms with Crippen LogP contribution in [0.1, 0.15) is 22.3 Å². The predicted octanol–water partition coefficient (Wildman–Crippen LogP) is 4.44. The van der Waals surface area contributed by atoms with Gasteiger partial charge in [-0.3, -0.25) is 24.2 Å². The van der Waals surface area contributed by atoms with E-state index in [9.17, 15) is 14.4 Å². The molecule has 14 heteroatoms. The second kappa shape index (κ2) is 30.8. The Labute approximate surface area is 367 Å². The second-order valence-corrected chi connectivity index (χ2v) is 14.7. The molecular weight excluding hydrogens is 803 g/mol. The van der Waals surface area contributed by atoms with Gasteiger partial charge in [-0.2, -0.15) is 0 Å². The molecule has 0 radical (unpaired) electrons. The Balaban J connectivity index is 0.000000228. The fourth-order valence-electron chi connectivity index (χ4n) is 6.47. The second-order valence-electron chi connectivity index (χ2n) is 14.3. The van der Waals surface area contributed by atoms with Crippen molar-refractivity contribution in [1.82, 2.24) is 30.2 Å². The van der Waals surface area contributed by atoms with E-state index in [0.29, 0.717) is 13.2 Å². The molecule has 0 atom stereocenters. The number of carbonyl (C=O) groups excluding carboxylic acids is 3. The third kappa shape index (κ3) is 21.4. The molecule has 0 unspecified atom stereocenters. The standard InChI is InChI=1S/C20H24N2O2.C11H16N2.C9H9ClO2.C6H12N2O2.ClH/c23-20(17-24-16-19-9-5-2-6-10-19)22-13-11-21(12-14-22)15-18-7-3-1-4-8-18;1-2-4-11(5-3-1)10-13-8-6-12-7-9-13;10-9(11)7-12-6-8-4-2-1-3-5-8;9-5-6(10)8-3-1-7-2-4-8;/h1-10H,11-17H2;1-5,12H,6-10H2;1-5H,6-7H2;7,9H,1-5H2;1H. The van der Waals surface area contributed by atoms with Crippen molar-refractivity contribution in [1.29, 1.82) is 0 Å². The molecule has 3 heterocycles. The Morgan fingerprint density at radius 2 is 0.867 bits per heavy atom. The predicted molar refractivity (Wildman–Crippen MR) is 240 cm³/mol. The molecule has 12 nitrogen and oxygen atoms in total. The molecule has 0 bridgehead atoms. The van der Waals surface area contributed by atoms with Crippen LogP contribution >= 0.6 is 24.0 Å². The summed E-state index contributed by atoms with van der Waals surface area (Å²) in [4.78, 5) is 41.8. The van der Waals surface area contributed by atoms with Gasteiger partial charge in [-0.05, 0) is 33.9 Å². The summed E-state index contributed by atoms with van der Waals surface area (Å²) in [6, 6.07) is 40.7. The van der Waals surface area contributed by atoms with Gasteiger partial charge in [0.25, 0.3) is 0 Å². The zero-order valence-electron chi connectivity index (χ0n) is 34.5. The van der Waals surface area contributed by atoms with Gasteiger partial charge < -0.3 is 35.0 Å². The normalized spacial score (nSPS) is 15.4. The smallest absolute Gasteiger partial charge is 0.248 e. The van der Waals surface area contributed by atoms with Crippen molar-refractivity contribution in [2.45, 2.75) is 26.3 Å². The molecule has 3 aliphatic heterocycles. The molecule has 2 amide bonds. The highest BCUT2D eigenvalue weighted by molar-refractivity contribution is 6.63. The summed E-state index contributed by atoms with van der Waals surface area (Å²) < 4.78 is 10.6. The van der Waals surface area contributed by atoms with E-state index in [0.717, 1.165) is 89.7 Å². The van der Waals surface area contributed by atoms with Crippen LogP contribution in [-0.2, 0) is 50.2 Å². The lowest BCUT2D eigenvalue weighted by Gasteiger charge is -2.34. The maximum atomic E-state index is 12.2. The molecule has 4 aromatic rings. The highest BCUT2D eigenvalue weighted by Crippen LogP contribution is 2.10. The molecular formula is C46H62Cl2N6O6. The Morgan fingerprint density at radius 3 is 1.28 bits per heavy atom. The van der Waals surface area contributed by atoms with E-state index in [1.54, 1.807) is 4.90 Å². The van der Waals surface area contributed by atoms with Crippen molar-refractivity contribution in [3.05, 3.63) is 144 Å². The van der Waals surface area contributed by atoms with Gasteiger partial charge in [0, 0.05) is 91.6 Å². The molecule has 326 valence electrons. The quantitative estimate of drug-likeness (QED) is 0.166. The van der Waals surface area contributed by atoms with E-state index in [1.807, 2.05) is 71.6 Å². The van der Waals surface area contributed by atoms with Gasteiger partial charge in [-0.15, -0.1) is 12.4 Å². The molecule has 3 fully saturated rings. The van der Waals surface area contributed by atoms with Crippen molar-refractivity contribution in [2.24, 2.45) is 0 Å². The number of aliphatic hydroxyl groups excluding tert-OH is 1. The number of aliphatic hydroxyl groups is 1. The summed E-state index contributed by atoms with van der Waals surface area (Å²) in [7, 11) is 0. The number of amides is 2. The maximum Gasteiger partial charge on any atom is 0.248 e. The van der Waals surface area contributed by atoms with Crippen LogP contribution in [0.25, 0.3) is 0 Å². The van der Waals surface area contributed by atoms with Gasteiger partial charge in [0.2, 0.25) is 17.1 Å². The van der Waals surface area contributed by atoms with Crippen LogP contribution in [0.3, 0.4) is 0 Å². The highest BCUT2D eigenvalue weighted by atomic mass is 35.5. The van der Waals surface area contributed by atoms with Gasteiger partial charge >= 0.3 is 0 Å². The number of nitrogens with one attached hydrogen (secondary N) is 2. The number of rotatable bonds is 13. The van der Waals surface area contributed by atoms with Crippen LogP contribution in [0, 0.1) is 0 Å². The Morgan fingerprint density at radius 1 is 0.500 bits per heavy atom. The number of benzene rings is 4. The summed E-state index contributed by atoms with van der Waals surface area (Å²) in [5, 5.41) is 14.5. The molecule has 7 rings (SSSR count). The molecule has 3 N–H and O–H groups in total. The summed E-state index contributed by atoms with van der Waals surface area (Å²) in [6.45, 7) is 13.9. The molecule has 60 heavy (non-hydrogen) atoms. The van der Waals surface area contributed by atoms with Crippen LogP contribution in [0.15, 0.2) is 121 Å². The third-order valence-electron chi connectivity index (χ3n) is 9.70. The van der Waals surface area contributed by atoms with E-state index in [-0.39, 0.29) is 44.0 Å². The lowest BCUT2D eigenvalue weighted by atomic mass is 10.2. The summed E-state index contributed by atoms with van der Waals surface area (Å²) in [5.41, 5.74) is 4.88. The number of nitrogens with zero attached hydrogens (tertiary/aromatic N) is 4. The number of halogens is 2. The first kappa shape index (κ1) is 50.1. The minimum Gasteiger partial charge on any atom is -0.387 e. The van der Waals surface area contributed by atoms with E-state index >= 15 is 0 Å². The van der Waals surface area contributed by atoms with E-state index < -0.39 is 5.24 Å². The fourth-order valence-corrected chi connectivity index (χ4v) is 6.54. The van der Waals surface area contributed by atoms with Crippen molar-refractivity contribution < 1.29 is 29.0 Å². The molecule has 0 aromatic heterocycles. The molecule has 3 aliphatic rings. The number of carbonyl (C=O) groups is 3. The van der Waals surface area contributed by atoms with Crippen LogP contribution in [0.2, 0.25) is 0 Å². The molecule has 4 aromatic carbocycles. The fraction of sp³-hybridized carbons (Fsp3) is 0.413. The van der Waals surface area contributed by atoms with Crippen molar-refractivity contribution in [2.75, 3.05) is 98.4 Å². The zero-order valence-corrected chi connectivity index (χ0v) is 36.1. The van der Waals surface area contributed by atoms with Gasteiger partial charge in [0.15, 0.2) is 0 Å². The number of ether oxygens (including phenoxy) is 2. The topological polar surface area (TPSA) is 127 Å². The molecule has 0 aliphatic carbocycles. The van der Waals surface area contributed by atoms with Gasteiger partial charge in [-0.25, -0.2) is 0 Å².